The van der Waals surface area contributed by atoms with Gasteiger partial charge in [0.1, 0.15) is 5.82 Å². The lowest BCUT2D eigenvalue weighted by Gasteiger charge is -2.07. The van der Waals surface area contributed by atoms with E-state index in [0.29, 0.717) is 4.88 Å². The zero-order chi connectivity index (χ0) is 14.9. The first-order chi connectivity index (χ1) is 9.40. The van der Waals surface area contributed by atoms with Gasteiger partial charge in [0.05, 0.1) is 15.5 Å². The van der Waals surface area contributed by atoms with Gasteiger partial charge >= 0.3 is 0 Å². The largest absolute Gasteiger partial charge is 0.319 e. The van der Waals surface area contributed by atoms with Crippen molar-refractivity contribution < 1.29 is 14.1 Å². The van der Waals surface area contributed by atoms with E-state index in [2.05, 4.69) is 5.32 Å². The summed E-state index contributed by atoms with van der Waals surface area (Å²) >= 11 is 1.23. The lowest BCUT2D eigenvalue weighted by Crippen LogP contribution is -2.13. The van der Waals surface area contributed by atoms with Crippen molar-refractivity contribution in [3.63, 3.8) is 0 Å². The number of thiophene rings is 1. The van der Waals surface area contributed by atoms with Crippen LogP contribution in [0.15, 0.2) is 23.6 Å². The van der Waals surface area contributed by atoms with Crippen molar-refractivity contribution in [2.75, 3.05) is 5.32 Å². The van der Waals surface area contributed by atoms with E-state index >= 15 is 0 Å². The van der Waals surface area contributed by atoms with Crippen LogP contribution in [0.3, 0.4) is 0 Å². The van der Waals surface area contributed by atoms with E-state index in [-0.39, 0.29) is 16.9 Å². The van der Waals surface area contributed by atoms with E-state index in [4.69, 9.17) is 0 Å². The minimum absolute atomic E-state index is 0.194. The molecular formula is C13H11FN2O3S. The topological polar surface area (TPSA) is 72.2 Å². The van der Waals surface area contributed by atoms with Crippen molar-refractivity contribution in [2.24, 2.45) is 0 Å². The summed E-state index contributed by atoms with van der Waals surface area (Å²) in [4.78, 5) is 22.6. The van der Waals surface area contributed by atoms with E-state index in [1.54, 1.807) is 18.4 Å². The van der Waals surface area contributed by atoms with E-state index in [0.717, 1.165) is 17.7 Å². The number of anilines is 1. The molecule has 0 spiro atoms. The maximum Gasteiger partial charge on any atom is 0.274 e. The Hall–Kier alpha value is -2.28. The number of nitrogens with one attached hydrogen (secondary N) is 1. The molecule has 0 fully saturated rings. The normalized spacial score (nSPS) is 10.3. The van der Waals surface area contributed by atoms with Gasteiger partial charge in [0.25, 0.3) is 11.6 Å². The van der Waals surface area contributed by atoms with E-state index < -0.39 is 16.6 Å². The highest BCUT2D eigenvalue weighted by Gasteiger charge is 2.18. The van der Waals surface area contributed by atoms with Crippen LogP contribution in [0.4, 0.5) is 15.8 Å². The van der Waals surface area contributed by atoms with Crippen LogP contribution in [0.1, 0.15) is 20.8 Å². The molecule has 0 aliphatic rings. The highest BCUT2D eigenvalue weighted by molar-refractivity contribution is 7.12. The van der Waals surface area contributed by atoms with Crippen LogP contribution in [-0.2, 0) is 0 Å². The Balaban J connectivity index is 2.34. The molecule has 1 amide bonds. The van der Waals surface area contributed by atoms with Crippen LogP contribution in [-0.4, -0.2) is 10.8 Å². The highest BCUT2D eigenvalue weighted by atomic mass is 32.1. The molecule has 0 atom stereocenters. The Morgan fingerprint density at radius 2 is 2.05 bits per heavy atom. The third-order valence-electron chi connectivity index (χ3n) is 2.80. The molecule has 0 bridgehead atoms. The minimum atomic E-state index is -0.698. The van der Waals surface area contributed by atoms with Gasteiger partial charge in [0, 0.05) is 11.6 Å². The molecule has 1 aromatic heterocycles. The van der Waals surface area contributed by atoms with Crippen molar-refractivity contribution in [3.8, 4) is 0 Å². The predicted octanol–water partition coefficient (Wildman–Crippen LogP) is 3.66. The number of carbonyl (C=O) groups is 1. The second kappa shape index (κ2) is 5.38. The summed E-state index contributed by atoms with van der Waals surface area (Å²) in [7, 11) is 0. The number of rotatable bonds is 3. The average molecular weight is 294 g/mol. The number of aryl methyl sites for hydroxylation is 2. The number of hydrogen-bond donors (Lipinski definition) is 1. The number of benzene rings is 1. The van der Waals surface area contributed by atoms with Gasteiger partial charge in [0.2, 0.25) is 0 Å². The Labute approximate surface area is 118 Å². The van der Waals surface area contributed by atoms with Gasteiger partial charge in [-0.25, -0.2) is 4.39 Å². The number of halogens is 1. The van der Waals surface area contributed by atoms with Gasteiger partial charge in [-0.15, -0.1) is 11.3 Å². The Bertz CT molecular complexity index is 697. The third-order valence-corrected chi connectivity index (χ3v) is 3.81. The van der Waals surface area contributed by atoms with Crippen molar-refractivity contribution in [3.05, 3.63) is 55.5 Å². The summed E-state index contributed by atoms with van der Waals surface area (Å²) in [6.45, 7) is 3.20. The number of nitro benzene ring substituents is 1. The zero-order valence-corrected chi connectivity index (χ0v) is 11.6. The van der Waals surface area contributed by atoms with Crippen LogP contribution in [0.25, 0.3) is 0 Å². The minimum Gasteiger partial charge on any atom is -0.319 e. The number of nitrogens with zero attached hydrogens (tertiary/aromatic N) is 1. The van der Waals surface area contributed by atoms with E-state index in [1.807, 2.05) is 0 Å². The molecule has 2 rings (SSSR count). The zero-order valence-electron chi connectivity index (χ0n) is 10.8. The SMILES string of the molecule is Cc1cc(F)c(NC(=O)c2sccc2C)cc1[N+](=O)[O-]. The molecule has 1 heterocycles. The summed E-state index contributed by atoms with van der Waals surface area (Å²) in [6, 6.07) is 3.84. The summed E-state index contributed by atoms with van der Waals surface area (Å²) < 4.78 is 13.8. The quantitative estimate of drug-likeness (QED) is 0.693. The van der Waals surface area contributed by atoms with Crippen molar-refractivity contribution in [2.45, 2.75) is 13.8 Å². The summed E-state index contributed by atoms with van der Waals surface area (Å²) in [5, 5.41) is 14.9. The molecule has 20 heavy (non-hydrogen) atoms. The smallest absolute Gasteiger partial charge is 0.274 e. The molecule has 0 saturated heterocycles. The number of hydrogen-bond acceptors (Lipinski definition) is 4. The highest BCUT2D eigenvalue weighted by Crippen LogP contribution is 2.27. The molecule has 0 saturated carbocycles. The lowest BCUT2D eigenvalue weighted by molar-refractivity contribution is -0.385. The first kappa shape index (κ1) is 14.1. The van der Waals surface area contributed by atoms with Crippen molar-refractivity contribution >= 4 is 28.6 Å². The van der Waals surface area contributed by atoms with E-state index in [1.165, 1.54) is 18.3 Å². The molecule has 0 unspecified atom stereocenters. The standard InChI is InChI=1S/C13H11FN2O3S/c1-7-3-4-20-12(7)13(17)15-10-6-11(16(18)19)8(2)5-9(10)14/h3-6H,1-2H3,(H,15,17). The van der Waals surface area contributed by atoms with Crippen LogP contribution in [0.2, 0.25) is 0 Å². The van der Waals surface area contributed by atoms with Gasteiger partial charge in [-0.3, -0.25) is 14.9 Å². The fraction of sp³-hybridized carbons (Fsp3) is 0.154. The summed E-state index contributed by atoms with van der Waals surface area (Å²) in [5.74, 6) is -1.18. The van der Waals surface area contributed by atoms with Crippen LogP contribution in [0, 0.1) is 29.8 Å². The van der Waals surface area contributed by atoms with Crippen LogP contribution >= 0.6 is 11.3 Å². The molecule has 2 aromatic rings. The molecule has 104 valence electrons. The molecule has 0 aliphatic heterocycles. The maximum absolute atomic E-state index is 13.8. The van der Waals surface area contributed by atoms with Gasteiger partial charge < -0.3 is 5.32 Å². The summed E-state index contributed by atoms with van der Waals surface area (Å²) in [6.07, 6.45) is 0. The Morgan fingerprint density at radius 1 is 1.35 bits per heavy atom. The number of amides is 1. The molecule has 7 heteroatoms. The van der Waals surface area contributed by atoms with Crippen LogP contribution in [0.5, 0.6) is 0 Å². The fourth-order valence-corrected chi connectivity index (χ4v) is 2.56. The lowest BCUT2D eigenvalue weighted by atomic mass is 10.1. The number of carbonyl (C=O) groups excluding carboxylic acids is 1. The average Bonchev–Trinajstić information content (AvgIpc) is 2.78. The van der Waals surface area contributed by atoms with Gasteiger partial charge in [-0.05, 0) is 36.9 Å². The first-order valence-electron chi connectivity index (χ1n) is 5.70. The van der Waals surface area contributed by atoms with Crippen LogP contribution < -0.4 is 5.32 Å². The third kappa shape index (κ3) is 2.67. The van der Waals surface area contributed by atoms with E-state index in [9.17, 15) is 19.3 Å². The maximum atomic E-state index is 13.8. The molecule has 1 N–H and O–H groups in total. The molecule has 0 aliphatic carbocycles. The fourth-order valence-electron chi connectivity index (χ4n) is 1.74. The monoisotopic (exact) mass is 294 g/mol. The molecule has 1 aromatic carbocycles. The van der Waals surface area contributed by atoms with Crippen molar-refractivity contribution in [1.29, 1.82) is 0 Å². The van der Waals surface area contributed by atoms with Crippen molar-refractivity contribution in [1.82, 2.24) is 0 Å². The predicted molar refractivity (Wildman–Crippen MR) is 74.8 cm³/mol. The molecule has 0 radical (unpaired) electrons. The van der Waals surface area contributed by atoms with Gasteiger partial charge in [-0.2, -0.15) is 0 Å². The second-order valence-corrected chi connectivity index (χ2v) is 5.18. The Morgan fingerprint density at radius 3 is 2.60 bits per heavy atom. The summed E-state index contributed by atoms with van der Waals surface area (Å²) in [5.41, 5.74) is 0.553. The molecular weight excluding hydrogens is 283 g/mol. The second-order valence-electron chi connectivity index (χ2n) is 4.26. The van der Waals surface area contributed by atoms with Gasteiger partial charge in [-0.1, -0.05) is 0 Å². The molecule has 5 nitrogen and oxygen atoms in total. The number of nitro groups is 1. The van der Waals surface area contributed by atoms with Gasteiger partial charge in [0.15, 0.2) is 0 Å². The first-order valence-corrected chi connectivity index (χ1v) is 6.58. The Kier molecular flexibility index (Phi) is 3.80.